The van der Waals surface area contributed by atoms with Gasteiger partial charge in [-0.2, -0.15) is 0 Å². The number of fused-ring (bicyclic) bond motifs is 1. The predicted octanol–water partition coefficient (Wildman–Crippen LogP) is 4.15. The molecule has 13 heteroatoms. The molecular weight excluding hydrogens is 608 g/mol. The summed E-state index contributed by atoms with van der Waals surface area (Å²) in [5, 5.41) is 2.58. The Morgan fingerprint density at radius 1 is 1.04 bits per heavy atom. The number of halogens is 2. The van der Waals surface area contributed by atoms with Gasteiger partial charge in [0.1, 0.15) is 17.7 Å². The molecule has 2 aliphatic heterocycles. The molecule has 0 atom stereocenters. The van der Waals surface area contributed by atoms with E-state index in [4.69, 9.17) is 4.74 Å². The summed E-state index contributed by atoms with van der Waals surface area (Å²) in [6.07, 6.45) is 6.65. The summed E-state index contributed by atoms with van der Waals surface area (Å²) >= 11 is 0. The topological polar surface area (TPSA) is 115 Å². The van der Waals surface area contributed by atoms with Gasteiger partial charge in [0.15, 0.2) is 11.6 Å². The van der Waals surface area contributed by atoms with Crippen LogP contribution in [0.15, 0.2) is 64.6 Å². The molecule has 7 rings (SSSR count). The minimum Gasteiger partial charge on any atom is -0.436 e. The SMILES string of the molecule is CN1CC(CN2CCc3c(ncnc3Oc3ccc(NC(=O)c4cn(C5CCCC5)c(=O)n(-c5ccc(F)cc5)c4=O)cc3F)C2)C1. The van der Waals surface area contributed by atoms with Crippen molar-refractivity contribution in [3.63, 3.8) is 0 Å². The van der Waals surface area contributed by atoms with E-state index in [0.717, 1.165) is 85.9 Å². The highest BCUT2D eigenvalue weighted by Gasteiger charge is 2.29. The summed E-state index contributed by atoms with van der Waals surface area (Å²) in [4.78, 5) is 53.8. The van der Waals surface area contributed by atoms with Crippen molar-refractivity contribution in [1.82, 2.24) is 28.9 Å². The predicted molar refractivity (Wildman–Crippen MR) is 170 cm³/mol. The zero-order valence-corrected chi connectivity index (χ0v) is 26.0. The summed E-state index contributed by atoms with van der Waals surface area (Å²) in [6.45, 7) is 4.71. The van der Waals surface area contributed by atoms with E-state index in [1.165, 1.54) is 41.4 Å². The van der Waals surface area contributed by atoms with Crippen LogP contribution < -0.4 is 21.3 Å². The number of aromatic nitrogens is 4. The largest absolute Gasteiger partial charge is 0.436 e. The number of ether oxygens (including phenoxy) is 1. The Balaban J connectivity index is 1.10. The van der Waals surface area contributed by atoms with Crippen molar-refractivity contribution in [3.05, 3.63) is 104 Å². The number of hydrogen-bond acceptors (Lipinski definition) is 8. The molecule has 2 aromatic carbocycles. The summed E-state index contributed by atoms with van der Waals surface area (Å²) in [6, 6.07) is 8.67. The van der Waals surface area contributed by atoms with Gasteiger partial charge in [0, 0.05) is 62.3 Å². The zero-order chi connectivity index (χ0) is 32.7. The third-order valence-electron chi connectivity index (χ3n) is 9.26. The second-order valence-corrected chi connectivity index (χ2v) is 12.7. The molecule has 1 N–H and O–H groups in total. The number of benzene rings is 2. The summed E-state index contributed by atoms with van der Waals surface area (Å²) in [7, 11) is 2.12. The van der Waals surface area contributed by atoms with E-state index >= 15 is 4.39 Å². The molecule has 0 spiro atoms. The minimum absolute atomic E-state index is 0.0720. The molecule has 1 saturated carbocycles. The summed E-state index contributed by atoms with van der Waals surface area (Å²) in [5.74, 6) is -1.20. The fraction of sp³-hybridized carbons (Fsp3) is 0.382. The Hall–Kier alpha value is -4.75. The van der Waals surface area contributed by atoms with Crippen molar-refractivity contribution in [1.29, 1.82) is 0 Å². The van der Waals surface area contributed by atoms with E-state index in [0.29, 0.717) is 24.8 Å². The quantitative estimate of drug-likeness (QED) is 0.305. The van der Waals surface area contributed by atoms with Crippen LogP contribution in [0.3, 0.4) is 0 Å². The molecule has 47 heavy (non-hydrogen) atoms. The Morgan fingerprint density at radius 2 is 1.81 bits per heavy atom. The average Bonchev–Trinajstić information content (AvgIpc) is 3.57. The molecule has 0 radical (unpaired) electrons. The van der Waals surface area contributed by atoms with Crippen LogP contribution in [0.5, 0.6) is 11.6 Å². The molecule has 2 fully saturated rings. The van der Waals surface area contributed by atoms with Crippen LogP contribution in [0.4, 0.5) is 14.5 Å². The molecular formula is C34H35F2N7O4. The fourth-order valence-corrected chi connectivity index (χ4v) is 6.88. The van der Waals surface area contributed by atoms with Crippen LogP contribution >= 0.6 is 0 Å². The maximum absolute atomic E-state index is 15.3. The van der Waals surface area contributed by atoms with Crippen molar-refractivity contribution in [2.45, 2.75) is 44.7 Å². The van der Waals surface area contributed by atoms with E-state index in [9.17, 15) is 18.8 Å². The number of carbonyl (C=O) groups is 1. The first-order valence-corrected chi connectivity index (χ1v) is 15.9. The zero-order valence-electron chi connectivity index (χ0n) is 26.0. The number of carbonyl (C=O) groups excluding carboxylic acids is 1. The number of amides is 1. The number of anilines is 1. The standard InChI is InChI=1S/C34H35F2N7O4/c1-40-15-21(16-40)17-41-13-12-26-29(19-41)37-20-38-32(26)47-30-11-8-23(14-28(30)36)39-31(44)27-18-42(24-4-2-3-5-24)34(46)43(33(27)45)25-9-6-22(35)7-10-25/h6-11,14,18,20-21,24H,2-5,12-13,15-17,19H2,1H3,(H,39,44). The molecule has 1 aliphatic carbocycles. The van der Waals surface area contributed by atoms with Gasteiger partial charge in [-0.3, -0.25) is 19.1 Å². The smallest absolute Gasteiger partial charge is 0.335 e. The fourth-order valence-electron chi connectivity index (χ4n) is 6.88. The summed E-state index contributed by atoms with van der Waals surface area (Å²) in [5.41, 5.74) is 0.177. The molecule has 3 aliphatic rings. The molecule has 4 aromatic rings. The highest BCUT2D eigenvalue weighted by atomic mass is 19.1. The maximum atomic E-state index is 15.3. The Bertz CT molecular complexity index is 1930. The maximum Gasteiger partial charge on any atom is 0.335 e. The van der Waals surface area contributed by atoms with E-state index in [2.05, 4.69) is 32.1 Å². The lowest BCUT2D eigenvalue weighted by Gasteiger charge is -2.40. The molecule has 4 heterocycles. The molecule has 1 amide bonds. The molecule has 1 saturated heterocycles. The summed E-state index contributed by atoms with van der Waals surface area (Å²) < 4.78 is 37.2. The van der Waals surface area contributed by atoms with Gasteiger partial charge >= 0.3 is 5.69 Å². The van der Waals surface area contributed by atoms with E-state index in [1.54, 1.807) is 0 Å². The van der Waals surface area contributed by atoms with Gasteiger partial charge in [-0.25, -0.2) is 28.1 Å². The number of likely N-dealkylation sites (tertiary alicyclic amines) is 1. The third kappa shape index (κ3) is 6.32. The van der Waals surface area contributed by atoms with Crippen LogP contribution in [-0.4, -0.2) is 68.0 Å². The van der Waals surface area contributed by atoms with Gasteiger partial charge in [0.05, 0.1) is 11.4 Å². The highest BCUT2D eigenvalue weighted by Crippen LogP contribution is 2.32. The molecule has 2 aromatic heterocycles. The third-order valence-corrected chi connectivity index (χ3v) is 9.26. The number of rotatable bonds is 8. The van der Waals surface area contributed by atoms with Crippen LogP contribution in [-0.2, 0) is 13.0 Å². The Morgan fingerprint density at radius 3 is 2.53 bits per heavy atom. The Kier molecular flexibility index (Phi) is 8.41. The second-order valence-electron chi connectivity index (χ2n) is 12.7. The van der Waals surface area contributed by atoms with Crippen LogP contribution in [0.25, 0.3) is 5.69 Å². The van der Waals surface area contributed by atoms with Crippen molar-refractivity contribution >= 4 is 11.6 Å². The molecule has 0 unspecified atom stereocenters. The van der Waals surface area contributed by atoms with E-state index in [1.807, 2.05) is 0 Å². The monoisotopic (exact) mass is 643 g/mol. The van der Waals surface area contributed by atoms with Crippen molar-refractivity contribution in [3.8, 4) is 17.3 Å². The normalized spacial score (nSPS) is 17.3. The molecule has 244 valence electrons. The van der Waals surface area contributed by atoms with Gasteiger partial charge < -0.3 is 15.0 Å². The van der Waals surface area contributed by atoms with E-state index < -0.39 is 28.8 Å². The first kappa shape index (κ1) is 30.9. The number of nitrogens with one attached hydrogen (secondary N) is 1. The average molecular weight is 644 g/mol. The van der Waals surface area contributed by atoms with Gasteiger partial charge in [-0.15, -0.1) is 0 Å². The van der Waals surface area contributed by atoms with Gasteiger partial charge in [0.2, 0.25) is 5.88 Å². The number of nitrogens with zero attached hydrogens (tertiary/aromatic N) is 6. The highest BCUT2D eigenvalue weighted by molar-refractivity contribution is 6.03. The molecule has 0 bridgehead atoms. The first-order valence-electron chi connectivity index (χ1n) is 15.9. The first-order chi connectivity index (χ1) is 22.7. The van der Waals surface area contributed by atoms with Crippen molar-refractivity contribution in [2.24, 2.45) is 5.92 Å². The van der Waals surface area contributed by atoms with Crippen molar-refractivity contribution < 1.29 is 18.3 Å². The van der Waals surface area contributed by atoms with Crippen LogP contribution in [0, 0.1) is 17.6 Å². The lowest BCUT2D eigenvalue weighted by molar-refractivity contribution is 0.0845. The van der Waals surface area contributed by atoms with Crippen LogP contribution in [0.2, 0.25) is 0 Å². The van der Waals surface area contributed by atoms with Crippen LogP contribution in [0.1, 0.15) is 53.3 Å². The van der Waals surface area contributed by atoms with Gasteiger partial charge in [-0.1, -0.05) is 12.8 Å². The van der Waals surface area contributed by atoms with Gasteiger partial charge in [-0.05, 0) is 68.6 Å². The lowest BCUT2D eigenvalue weighted by atomic mass is 9.98. The lowest BCUT2D eigenvalue weighted by Crippen LogP contribution is -2.50. The van der Waals surface area contributed by atoms with E-state index in [-0.39, 0.29) is 28.7 Å². The molecule has 11 nitrogen and oxygen atoms in total. The van der Waals surface area contributed by atoms with Crippen molar-refractivity contribution in [2.75, 3.05) is 38.5 Å². The van der Waals surface area contributed by atoms with Gasteiger partial charge in [0.25, 0.3) is 11.5 Å². The Labute approximate surface area is 269 Å². The second kappa shape index (κ2) is 12.8. The number of hydrogen-bond donors (Lipinski definition) is 1. The minimum atomic E-state index is -0.860.